The fourth-order valence-corrected chi connectivity index (χ4v) is 2.67. The van der Waals surface area contributed by atoms with Crippen molar-refractivity contribution in [1.29, 1.82) is 5.26 Å². The van der Waals surface area contributed by atoms with Crippen molar-refractivity contribution in [3.8, 4) is 6.07 Å². The third kappa shape index (κ3) is 2.53. The largest absolute Gasteiger partial charge is 0.336 e. The number of amides is 1. The van der Waals surface area contributed by atoms with Gasteiger partial charge in [-0.25, -0.2) is 0 Å². The van der Waals surface area contributed by atoms with E-state index in [1.807, 2.05) is 11.8 Å². The van der Waals surface area contributed by atoms with E-state index in [1.165, 1.54) is 12.8 Å². The Kier molecular flexibility index (Phi) is 3.99. The summed E-state index contributed by atoms with van der Waals surface area (Å²) in [5.74, 6) is 0.0569. The van der Waals surface area contributed by atoms with Gasteiger partial charge in [-0.05, 0) is 38.0 Å². The first kappa shape index (κ1) is 12.6. The average Bonchev–Trinajstić information content (AvgIpc) is 2.93. The van der Waals surface area contributed by atoms with Crippen molar-refractivity contribution in [2.24, 2.45) is 0 Å². The van der Waals surface area contributed by atoms with Crippen molar-refractivity contribution in [3.63, 3.8) is 0 Å². The number of rotatable bonds is 3. The van der Waals surface area contributed by atoms with Crippen molar-refractivity contribution >= 4 is 5.91 Å². The molecule has 94 valence electrons. The van der Waals surface area contributed by atoms with Gasteiger partial charge < -0.3 is 4.90 Å². The summed E-state index contributed by atoms with van der Waals surface area (Å²) in [5.41, 5.74) is 1.17. The first-order valence-electron chi connectivity index (χ1n) is 6.57. The Morgan fingerprint density at radius 1 is 1.44 bits per heavy atom. The number of nitriles is 1. The summed E-state index contributed by atoms with van der Waals surface area (Å²) < 4.78 is 0. The van der Waals surface area contributed by atoms with Crippen LogP contribution in [-0.4, -0.2) is 23.4 Å². The van der Waals surface area contributed by atoms with Crippen molar-refractivity contribution in [2.45, 2.75) is 38.6 Å². The summed E-state index contributed by atoms with van der Waals surface area (Å²) in [7, 11) is 0. The summed E-state index contributed by atoms with van der Waals surface area (Å²) in [5, 5.41) is 8.88. The first-order valence-corrected chi connectivity index (χ1v) is 6.57. The molecule has 0 saturated heterocycles. The topological polar surface area (TPSA) is 44.1 Å². The smallest absolute Gasteiger partial charge is 0.254 e. The molecule has 3 heteroatoms. The summed E-state index contributed by atoms with van der Waals surface area (Å²) in [6, 6.07) is 9.43. The molecule has 3 nitrogen and oxygen atoms in total. The van der Waals surface area contributed by atoms with Crippen LogP contribution in [0.1, 0.15) is 48.5 Å². The van der Waals surface area contributed by atoms with Crippen molar-refractivity contribution in [3.05, 3.63) is 35.4 Å². The Morgan fingerprint density at radius 3 is 2.78 bits per heavy atom. The van der Waals surface area contributed by atoms with Gasteiger partial charge in [0.05, 0.1) is 11.6 Å². The average molecular weight is 242 g/mol. The number of hydrogen-bond acceptors (Lipinski definition) is 2. The number of benzene rings is 1. The van der Waals surface area contributed by atoms with Gasteiger partial charge in [0.25, 0.3) is 5.91 Å². The third-order valence-electron chi connectivity index (χ3n) is 3.61. The van der Waals surface area contributed by atoms with Crippen LogP contribution in [0.3, 0.4) is 0 Å². The van der Waals surface area contributed by atoms with Crippen LogP contribution in [0.15, 0.2) is 24.3 Å². The van der Waals surface area contributed by atoms with E-state index >= 15 is 0 Å². The van der Waals surface area contributed by atoms with Gasteiger partial charge in [-0.3, -0.25) is 4.79 Å². The fraction of sp³-hybridized carbons (Fsp3) is 0.467. The quantitative estimate of drug-likeness (QED) is 0.818. The normalized spacial score (nSPS) is 15.3. The molecule has 0 radical (unpaired) electrons. The van der Waals surface area contributed by atoms with Crippen LogP contribution in [0.4, 0.5) is 0 Å². The predicted octanol–water partition coefficient (Wildman–Crippen LogP) is 2.96. The van der Waals surface area contributed by atoms with E-state index in [4.69, 9.17) is 5.26 Å². The number of carbonyl (C=O) groups excluding carboxylic acids is 1. The monoisotopic (exact) mass is 242 g/mol. The van der Waals surface area contributed by atoms with Gasteiger partial charge >= 0.3 is 0 Å². The molecule has 0 bridgehead atoms. The molecule has 2 rings (SSSR count). The second kappa shape index (κ2) is 5.68. The Hall–Kier alpha value is -1.82. The van der Waals surface area contributed by atoms with Crippen molar-refractivity contribution < 1.29 is 4.79 Å². The molecule has 1 amide bonds. The standard InChI is InChI=1S/C15H18N2O/c1-2-17(14-8-3-4-9-14)15(18)13-7-5-6-12(10-13)11-16/h5-7,10,14H,2-4,8-9H2,1H3. The Labute approximate surface area is 108 Å². The van der Waals surface area contributed by atoms with Crippen LogP contribution in [0, 0.1) is 11.3 Å². The highest BCUT2D eigenvalue weighted by Crippen LogP contribution is 2.24. The predicted molar refractivity (Wildman–Crippen MR) is 70.1 cm³/mol. The lowest BCUT2D eigenvalue weighted by atomic mass is 10.1. The molecule has 0 atom stereocenters. The lowest BCUT2D eigenvalue weighted by molar-refractivity contribution is 0.0693. The van der Waals surface area contributed by atoms with E-state index in [-0.39, 0.29) is 5.91 Å². The maximum absolute atomic E-state index is 12.4. The van der Waals surface area contributed by atoms with Gasteiger partial charge in [0.1, 0.15) is 0 Å². The molecular formula is C15H18N2O. The minimum atomic E-state index is 0.0569. The minimum absolute atomic E-state index is 0.0569. The molecule has 1 aromatic carbocycles. The highest BCUT2D eigenvalue weighted by molar-refractivity contribution is 5.94. The molecule has 0 spiro atoms. The molecule has 0 N–H and O–H groups in total. The summed E-state index contributed by atoms with van der Waals surface area (Å²) in [6.07, 6.45) is 4.65. The maximum atomic E-state index is 12.4. The summed E-state index contributed by atoms with van der Waals surface area (Å²) in [6.45, 7) is 2.75. The first-order chi connectivity index (χ1) is 8.76. The SMILES string of the molecule is CCN(C(=O)c1cccc(C#N)c1)C1CCCC1. The van der Waals surface area contributed by atoms with Crippen LogP contribution in [-0.2, 0) is 0 Å². The molecule has 1 saturated carbocycles. The molecule has 1 aliphatic carbocycles. The van der Waals surface area contributed by atoms with Crippen LogP contribution >= 0.6 is 0 Å². The van der Waals surface area contributed by atoms with E-state index in [0.29, 0.717) is 17.2 Å². The third-order valence-corrected chi connectivity index (χ3v) is 3.61. The van der Waals surface area contributed by atoms with Crippen molar-refractivity contribution in [1.82, 2.24) is 4.90 Å². The molecule has 0 aliphatic heterocycles. The molecule has 18 heavy (non-hydrogen) atoms. The van der Waals surface area contributed by atoms with Gasteiger partial charge in [-0.15, -0.1) is 0 Å². The highest BCUT2D eigenvalue weighted by Gasteiger charge is 2.26. The van der Waals surface area contributed by atoms with Crippen molar-refractivity contribution in [2.75, 3.05) is 6.54 Å². The second-order valence-corrected chi connectivity index (χ2v) is 4.72. The van der Waals surface area contributed by atoms with E-state index in [9.17, 15) is 4.79 Å². The van der Waals surface area contributed by atoms with Gasteiger partial charge in [0, 0.05) is 18.2 Å². The molecule has 1 aliphatic rings. The highest BCUT2D eigenvalue weighted by atomic mass is 16.2. The van der Waals surface area contributed by atoms with E-state index in [0.717, 1.165) is 19.4 Å². The molecule has 0 aromatic heterocycles. The lowest BCUT2D eigenvalue weighted by Gasteiger charge is -2.27. The van der Waals surface area contributed by atoms with Crippen LogP contribution in [0.5, 0.6) is 0 Å². The Bertz CT molecular complexity index is 470. The lowest BCUT2D eigenvalue weighted by Crippen LogP contribution is -2.38. The summed E-state index contributed by atoms with van der Waals surface area (Å²) >= 11 is 0. The van der Waals surface area contributed by atoms with Crippen LogP contribution in [0.25, 0.3) is 0 Å². The number of hydrogen-bond donors (Lipinski definition) is 0. The molecule has 1 fully saturated rings. The Morgan fingerprint density at radius 2 is 2.17 bits per heavy atom. The van der Waals surface area contributed by atoms with Crippen LogP contribution < -0.4 is 0 Å². The number of nitrogens with zero attached hydrogens (tertiary/aromatic N) is 2. The summed E-state index contributed by atoms with van der Waals surface area (Å²) in [4.78, 5) is 14.4. The molecule has 1 aromatic rings. The maximum Gasteiger partial charge on any atom is 0.254 e. The Balaban J connectivity index is 2.20. The second-order valence-electron chi connectivity index (χ2n) is 4.72. The zero-order valence-corrected chi connectivity index (χ0v) is 10.7. The zero-order valence-electron chi connectivity index (χ0n) is 10.7. The minimum Gasteiger partial charge on any atom is -0.336 e. The van der Waals surface area contributed by atoms with E-state index in [2.05, 4.69) is 6.07 Å². The zero-order chi connectivity index (χ0) is 13.0. The number of carbonyl (C=O) groups is 1. The fourth-order valence-electron chi connectivity index (χ4n) is 2.67. The molecule has 0 unspecified atom stereocenters. The molecular weight excluding hydrogens is 224 g/mol. The molecule has 0 heterocycles. The van der Waals surface area contributed by atoms with Crippen LogP contribution in [0.2, 0.25) is 0 Å². The van der Waals surface area contributed by atoms with E-state index in [1.54, 1.807) is 24.3 Å². The van der Waals surface area contributed by atoms with Gasteiger partial charge in [0.15, 0.2) is 0 Å². The van der Waals surface area contributed by atoms with Gasteiger partial charge in [-0.1, -0.05) is 18.9 Å². The van der Waals surface area contributed by atoms with Gasteiger partial charge in [0.2, 0.25) is 0 Å². The van der Waals surface area contributed by atoms with Gasteiger partial charge in [-0.2, -0.15) is 5.26 Å². The van der Waals surface area contributed by atoms with E-state index < -0.39 is 0 Å².